The first-order valence-corrected chi connectivity index (χ1v) is 6.96. The van der Waals surface area contributed by atoms with Gasteiger partial charge in [0.05, 0.1) is 0 Å². The highest BCUT2D eigenvalue weighted by Gasteiger charge is 2.27. The molecule has 1 atom stereocenters. The number of carbonyl (C=O) groups is 1. The Balaban J connectivity index is 1.73. The molecule has 5 heteroatoms. The van der Waals surface area contributed by atoms with Crippen LogP contribution < -0.4 is 16.0 Å². The predicted octanol–water partition coefficient (Wildman–Crippen LogP) is 2.01. The van der Waals surface area contributed by atoms with Crippen LogP contribution in [0.4, 0.5) is 5.69 Å². The van der Waals surface area contributed by atoms with Crippen molar-refractivity contribution in [2.45, 2.75) is 25.3 Å². The molecule has 1 fully saturated rings. The van der Waals surface area contributed by atoms with Crippen molar-refractivity contribution in [3.05, 3.63) is 29.3 Å². The van der Waals surface area contributed by atoms with E-state index in [1.807, 2.05) is 12.1 Å². The molecule has 4 nitrogen and oxygen atoms in total. The summed E-state index contributed by atoms with van der Waals surface area (Å²) in [6, 6.07) is 7.18. The van der Waals surface area contributed by atoms with Gasteiger partial charge in [-0.3, -0.25) is 4.79 Å². The molecule has 0 radical (unpaired) electrons. The van der Waals surface area contributed by atoms with E-state index in [0.29, 0.717) is 18.0 Å². The van der Waals surface area contributed by atoms with E-state index in [0.717, 1.165) is 25.2 Å². The average molecular weight is 282 g/mol. The zero-order chi connectivity index (χ0) is 13.7. The number of rotatable bonds is 5. The second-order valence-corrected chi connectivity index (χ2v) is 5.66. The highest BCUT2D eigenvalue weighted by molar-refractivity contribution is 6.30. The predicted molar refractivity (Wildman–Crippen MR) is 78.6 cm³/mol. The van der Waals surface area contributed by atoms with Crippen molar-refractivity contribution < 1.29 is 4.79 Å². The lowest BCUT2D eigenvalue weighted by Gasteiger charge is -2.24. The Hall–Kier alpha value is -1.10. The molecule has 0 aliphatic carbocycles. The summed E-state index contributed by atoms with van der Waals surface area (Å²) in [6.45, 7) is 4.87. The number of halogens is 1. The van der Waals surface area contributed by atoms with Crippen molar-refractivity contribution in [2.24, 2.45) is 0 Å². The fourth-order valence-electron chi connectivity index (χ4n) is 2.24. The van der Waals surface area contributed by atoms with Gasteiger partial charge in [-0.2, -0.15) is 0 Å². The number of hydrogen-bond donors (Lipinski definition) is 3. The number of carbonyl (C=O) groups excluding carboxylic acids is 1. The Bertz CT molecular complexity index is 444. The van der Waals surface area contributed by atoms with Gasteiger partial charge in [-0.1, -0.05) is 17.7 Å². The lowest BCUT2D eigenvalue weighted by molar-refractivity contribution is -0.116. The van der Waals surface area contributed by atoms with Gasteiger partial charge in [-0.25, -0.2) is 0 Å². The molecule has 1 saturated heterocycles. The molecular weight excluding hydrogens is 262 g/mol. The minimum absolute atomic E-state index is 0.00400. The third-order valence-electron chi connectivity index (χ3n) is 3.38. The second kappa shape index (κ2) is 6.37. The summed E-state index contributed by atoms with van der Waals surface area (Å²) in [5.41, 5.74) is 0.863. The smallest absolute Gasteiger partial charge is 0.225 e. The topological polar surface area (TPSA) is 53.2 Å². The van der Waals surface area contributed by atoms with E-state index >= 15 is 0 Å². The number of amides is 1. The normalized spacial score (nSPS) is 22.4. The van der Waals surface area contributed by atoms with E-state index in [1.165, 1.54) is 0 Å². The van der Waals surface area contributed by atoms with Gasteiger partial charge in [0.15, 0.2) is 0 Å². The molecule has 0 saturated carbocycles. The lowest BCUT2D eigenvalue weighted by Crippen LogP contribution is -2.45. The Morgan fingerprint density at radius 3 is 3.05 bits per heavy atom. The van der Waals surface area contributed by atoms with E-state index in [1.54, 1.807) is 12.1 Å². The standard InChI is InChI=1S/C14H20ClN3O/c1-14(6-8-16-10-14)17-7-5-13(19)18-12-4-2-3-11(15)9-12/h2-4,9,16-17H,5-8,10H2,1H3,(H,18,19). The molecule has 1 aromatic rings. The quantitative estimate of drug-likeness (QED) is 0.774. The van der Waals surface area contributed by atoms with Crippen LogP contribution in [0.2, 0.25) is 5.02 Å². The number of hydrogen-bond acceptors (Lipinski definition) is 3. The number of nitrogens with one attached hydrogen (secondary N) is 3. The third kappa shape index (κ3) is 4.49. The molecule has 1 unspecified atom stereocenters. The molecule has 1 aliphatic rings. The van der Waals surface area contributed by atoms with Crippen LogP contribution in [0, 0.1) is 0 Å². The molecule has 2 rings (SSSR count). The Morgan fingerprint density at radius 2 is 2.37 bits per heavy atom. The highest BCUT2D eigenvalue weighted by atomic mass is 35.5. The van der Waals surface area contributed by atoms with Gasteiger partial charge in [0.25, 0.3) is 0 Å². The zero-order valence-corrected chi connectivity index (χ0v) is 11.9. The van der Waals surface area contributed by atoms with Gasteiger partial charge in [-0.15, -0.1) is 0 Å². The molecular formula is C14H20ClN3O. The Morgan fingerprint density at radius 1 is 1.53 bits per heavy atom. The molecule has 1 heterocycles. The van der Waals surface area contributed by atoms with Crippen molar-refractivity contribution in [1.29, 1.82) is 0 Å². The van der Waals surface area contributed by atoms with Crippen LogP contribution in [0.3, 0.4) is 0 Å². The molecule has 3 N–H and O–H groups in total. The first-order valence-electron chi connectivity index (χ1n) is 6.59. The van der Waals surface area contributed by atoms with Gasteiger partial charge in [0, 0.05) is 35.8 Å². The fourth-order valence-corrected chi connectivity index (χ4v) is 2.43. The van der Waals surface area contributed by atoms with Gasteiger partial charge >= 0.3 is 0 Å². The van der Waals surface area contributed by atoms with Crippen LogP contribution in [-0.4, -0.2) is 31.1 Å². The lowest BCUT2D eigenvalue weighted by atomic mass is 10.0. The van der Waals surface area contributed by atoms with Crippen LogP contribution in [-0.2, 0) is 4.79 Å². The van der Waals surface area contributed by atoms with E-state index in [9.17, 15) is 4.79 Å². The van der Waals surface area contributed by atoms with Crippen molar-refractivity contribution in [1.82, 2.24) is 10.6 Å². The summed E-state index contributed by atoms with van der Waals surface area (Å²) in [6.07, 6.45) is 1.56. The van der Waals surface area contributed by atoms with Crippen LogP contribution in [0.1, 0.15) is 19.8 Å². The number of anilines is 1. The molecule has 0 spiro atoms. The maximum absolute atomic E-state index is 11.8. The first-order chi connectivity index (χ1) is 9.07. The Labute approximate surface area is 118 Å². The average Bonchev–Trinajstić information content (AvgIpc) is 2.76. The summed E-state index contributed by atoms with van der Waals surface area (Å²) < 4.78 is 0. The molecule has 1 aliphatic heterocycles. The third-order valence-corrected chi connectivity index (χ3v) is 3.62. The molecule has 1 aromatic carbocycles. The van der Waals surface area contributed by atoms with E-state index in [-0.39, 0.29) is 11.4 Å². The van der Waals surface area contributed by atoms with E-state index in [4.69, 9.17) is 11.6 Å². The summed E-state index contributed by atoms with van der Waals surface area (Å²) in [5.74, 6) is 0.00400. The van der Waals surface area contributed by atoms with E-state index < -0.39 is 0 Å². The van der Waals surface area contributed by atoms with Gasteiger partial charge in [-0.05, 0) is 38.1 Å². The largest absolute Gasteiger partial charge is 0.326 e. The summed E-state index contributed by atoms with van der Waals surface area (Å²) in [4.78, 5) is 11.8. The molecule has 1 amide bonds. The fraction of sp³-hybridized carbons (Fsp3) is 0.500. The van der Waals surface area contributed by atoms with Crippen molar-refractivity contribution in [2.75, 3.05) is 25.0 Å². The van der Waals surface area contributed by atoms with Crippen LogP contribution in [0.15, 0.2) is 24.3 Å². The first kappa shape index (κ1) is 14.3. The summed E-state index contributed by atoms with van der Waals surface area (Å²) in [7, 11) is 0. The highest BCUT2D eigenvalue weighted by Crippen LogP contribution is 2.15. The SMILES string of the molecule is CC1(NCCC(=O)Nc2cccc(Cl)c2)CCNC1. The maximum atomic E-state index is 11.8. The van der Waals surface area contributed by atoms with Gasteiger partial charge in [0.1, 0.15) is 0 Å². The summed E-state index contributed by atoms with van der Waals surface area (Å²) in [5, 5.41) is 10.2. The monoisotopic (exact) mass is 281 g/mol. The minimum atomic E-state index is 0.00400. The van der Waals surface area contributed by atoms with Crippen LogP contribution in [0.25, 0.3) is 0 Å². The van der Waals surface area contributed by atoms with Crippen LogP contribution >= 0.6 is 11.6 Å². The molecule has 0 aromatic heterocycles. The minimum Gasteiger partial charge on any atom is -0.326 e. The van der Waals surface area contributed by atoms with Crippen molar-refractivity contribution in [3.63, 3.8) is 0 Å². The number of benzene rings is 1. The molecule has 19 heavy (non-hydrogen) atoms. The van der Waals surface area contributed by atoms with E-state index in [2.05, 4.69) is 22.9 Å². The second-order valence-electron chi connectivity index (χ2n) is 5.22. The Kier molecular flexibility index (Phi) is 4.80. The van der Waals surface area contributed by atoms with Crippen molar-refractivity contribution >= 4 is 23.2 Å². The zero-order valence-electron chi connectivity index (χ0n) is 11.1. The van der Waals surface area contributed by atoms with Gasteiger partial charge in [0.2, 0.25) is 5.91 Å². The van der Waals surface area contributed by atoms with Crippen molar-refractivity contribution in [3.8, 4) is 0 Å². The maximum Gasteiger partial charge on any atom is 0.225 e. The van der Waals surface area contributed by atoms with Crippen LogP contribution in [0.5, 0.6) is 0 Å². The molecule has 104 valence electrons. The summed E-state index contributed by atoms with van der Waals surface area (Å²) >= 11 is 5.87. The van der Waals surface area contributed by atoms with Gasteiger partial charge < -0.3 is 16.0 Å². The molecule has 0 bridgehead atoms.